The van der Waals surface area contributed by atoms with Crippen molar-refractivity contribution in [3.8, 4) is 0 Å². The monoisotopic (exact) mass is 436 g/mol. The van der Waals surface area contributed by atoms with E-state index in [0.717, 1.165) is 16.9 Å². The number of amides is 1. The average Bonchev–Trinajstić information content (AvgIpc) is 3.31. The molecule has 1 saturated heterocycles. The smallest absolute Gasteiger partial charge is 0.226 e. The molecule has 0 bridgehead atoms. The second-order valence-electron chi connectivity index (χ2n) is 7.45. The van der Waals surface area contributed by atoms with Crippen molar-refractivity contribution >= 4 is 40.3 Å². The molecule has 0 spiro atoms. The summed E-state index contributed by atoms with van der Waals surface area (Å²) < 4.78 is 0. The summed E-state index contributed by atoms with van der Waals surface area (Å²) in [5.74, 6) is -0.0235. The largest absolute Gasteiger partial charge is 0.352 e. The molecule has 1 amide bonds. The molecule has 2 atom stereocenters. The Labute approximate surface area is 186 Å². The van der Waals surface area contributed by atoms with Crippen LogP contribution in [0.25, 0.3) is 0 Å². The van der Waals surface area contributed by atoms with Crippen LogP contribution in [0.4, 0.5) is 5.69 Å². The van der Waals surface area contributed by atoms with E-state index >= 15 is 0 Å². The number of nitrogens with one attached hydrogen (secondary N) is 2. The van der Waals surface area contributed by atoms with E-state index in [1.165, 1.54) is 10.4 Å². The molecule has 7 heteroatoms. The van der Waals surface area contributed by atoms with Crippen LogP contribution in [0.2, 0.25) is 0 Å². The van der Waals surface area contributed by atoms with Crippen LogP contribution >= 0.6 is 23.6 Å². The number of nitrogens with zero attached hydrogens (tertiary/aromatic N) is 2. The van der Waals surface area contributed by atoms with Crippen molar-refractivity contribution < 1.29 is 4.79 Å². The van der Waals surface area contributed by atoms with Gasteiger partial charge in [-0.25, -0.2) is 0 Å². The van der Waals surface area contributed by atoms with Gasteiger partial charge in [0.1, 0.15) is 0 Å². The molecule has 30 heavy (non-hydrogen) atoms. The molecule has 154 valence electrons. The predicted octanol–water partition coefficient (Wildman–Crippen LogP) is 4.76. The first-order chi connectivity index (χ1) is 14.5. The molecule has 1 aliphatic heterocycles. The van der Waals surface area contributed by atoms with Crippen LogP contribution in [-0.2, 0) is 4.79 Å². The van der Waals surface area contributed by atoms with Gasteiger partial charge in [-0.1, -0.05) is 23.8 Å². The Morgan fingerprint density at radius 3 is 2.67 bits per heavy atom. The molecule has 2 aromatic heterocycles. The van der Waals surface area contributed by atoms with Gasteiger partial charge in [-0.05, 0) is 67.3 Å². The zero-order chi connectivity index (χ0) is 21.1. The lowest BCUT2D eigenvalue weighted by atomic mass is 10.0. The molecule has 1 fully saturated rings. The van der Waals surface area contributed by atoms with Crippen LogP contribution < -0.4 is 10.6 Å². The van der Waals surface area contributed by atoms with Gasteiger partial charge in [0.25, 0.3) is 0 Å². The summed E-state index contributed by atoms with van der Waals surface area (Å²) in [6.45, 7) is 4.68. The zero-order valence-corrected chi connectivity index (χ0v) is 18.6. The van der Waals surface area contributed by atoms with E-state index in [1.54, 1.807) is 17.5 Å². The van der Waals surface area contributed by atoms with Crippen LogP contribution in [0, 0.1) is 13.8 Å². The fraction of sp³-hybridized carbons (Fsp3) is 0.261. The van der Waals surface area contributed by atoms with Gasteiger partial charge >= 0.3 is 0 Å². The lowest BCUT2D eigenvalue weighted by Crippen LogP contribution is -2.32. The van der Waals surface area contributed by atoms with E-state index in [2.05, 4.69) is 38.9 Å². The standard InChI is InChI=1S/C23H24N4OS2/c1-15-6-8-17(9-7-15)25-19(28)10-13-27-21(22-16(2)11-14-30-22)20(26-23(27)29)18-5-3-4-12-24-18/h3-9,11-12,14,20-21H,10,13H2,1-2H3,(H,25,28)(H,26,29)/t20-,21+/m0/s1. The molecular weight excluding hydrogens is 412 g/mol. The van der Waals surface area contributed by atoms with Crippen molar-refractivity contribution in [1.82, 2.24) is 15.2 Å². The Hall–Kier alpha value is -2.77. The van der Waals surface area contributed by atoms with E-state index in [0.29, 0.717) is 18.1 Å². The zero-order valence-electron chi connectivity index (χ0n) is 17.0. The summed E-state index contributed by atoms with van der Waals surface area (Å²) in [5, 5.41) is 9.17. The molecule has 1 aromatic carbocycles. The number of pyridine rings is 1. The van der Waals surface area contributed by atoms with Crippen molar-refractivity contribution in [3.63, 3.8) is 0 Å². The molecule has 5 nitrogen and oxygen atoms in total. The lowest BCUT2D eigenvalue weighted by Gasteiger charge is -2.27. The van der Waals surface area contributed by atoms with Crippen molar-refractivity contribution in [2.24, 2.45) is 0 Å². The van der Waals surface area contributed by atoms with Crippen molar-refractivity contribution in [2.45, 2.75) is 32.4 Å². The van der Waals surface area contributed by atoms with Crippen LogP contribution in [0.3, 0.4) is 0 Å². The number of anilines is 1. The molecule has 0 radical (unpaired) electrons. The molecule has 0 saturated carbocycles. The normalized spacial score (nSPS) is 18.3. The number of carbonyl (C=O) groups is 1. The minimum atomic E-state index is -0.0452. The third-order valence-corrected chi connectivity index (χ3v) is 6.73. The maximum atomic E-state index is 12.6. The number of thiocarbonyl (C=S) groups is 1. The summed E-state index contributed by atoms with van der Waals surface area (Å²) in [6.07, 6.45) is 2.15. The number of hydrogen-bond acceptors (Lipinski definition) is 4. The van der Waals surface area contributed by atoms with E-state index in [4.69, 9.17) is 12.2 Å². The Morgan fingerprint density at radius 1 is 1.20 bits per heavy atom. The van der Waals surface area contributed by atoms with Gasteiger partial charge in [-0.2, -0.15) is 0 Å². The van der Waals surface area contributed by atoms with Gasteiger partial charge in [-0.15, -0.1) is 11.3 Å². The van der Waals surface area contributed by atoms with Gasteiger partial charge in [0, 0.05) is 29.7 Å². The summed E-state index contributed by atoms with van der Waals surface area (Å²) >= 11 is 7.39. The Kier molecular flexibility index (Phi) is 6.11. The fourth-order valence-corrected chi connectivity index (χ4v) is 5.11. The molecule has 4 rings (SSSR count). The Balaban J connectivity index is 1.52. The van der Waals surface area contributed by atoms with Crippen molar-refractivity contribution in [1.29, 1.82) is 0 Å². The number of rotatable bonds is 6. The summed E-state index contributed by atoms with van der Waals surface area (Å²) in [7, 11) is 0. The first-order valence-electron chi connectivity index (χ1n) is 9.91. The lowest BCUT2D eigenvalue weighted by molar-refractivity contribution is -0.116. The quantitative estimate of drug-likeness (QED) is 0.546. The van der Waals surface area contributed by atoms with E-state index in [9.17, 15) is 4.79 Å². The number of aromatic nitrogens is 1. The number of benzene rings is 1. The van der Waals surface area contributed by atoms with Crippen LogP contribution in [0.1, 0.15) is 40.2 Å². The number of aryl methyl sites for hydroxylation is 2. The maximum Gasteiger partial charge on any atom is 0.226 e. The number of hydrogen-bond donors (Lipinski definition) is 2. The van der Waals surface area contributed by atoms with Gasteiger partial charge < -0.3 is 15.5 Å². The second kappa shape index (κ2) is 8.93. The van der Waals surface area contributed by atoms with Gasteiger partial charge in [-0.3, -0.25) is 9.78 Å². The fourth-order valence-electron chi connectivity index (χ4n) is 3.70. The number of carbonyl (C=O) groups excluding carboxylic acids is 1. The molecular formula is C23H24N4OS2. The molecule has 0 aliphatic carbocycles. The summed E-state index contributed by atoms with van der Waals surface area (Å²) in [4.78, 5) is 20.5. The van der Waals surface area contributed by atoms with Crippen LogP contribution in [0.5, 0.6) is 0 Å². The highest BCUT2D eigenvalue weighted by molar-refractivity contribution is 7.80. The summed E-state index contributed by atoms with van der Waals surface area (Å²) in [6, 6.07) is 15.8. The van der Waals surface area contributed by atoms with E-state index in [1.807, 2.05) is 49.4 Å². The highest BCUT2D eigenvalue weighted by Crippen LogP contribution is 2.41. The molecule has 0 unspecified atom stereocenters. The first-order valence-corrected chi connectivity index (χ1v) is 11.2. The summed E-state index contributed by atoms with van der Waals surface area (Å²) in [5.41, 5.74) is 4.15. The van der Waals surface area contributed by atoms with Crippen LogP contribution in [-0.4, -0.2) is 27.4 Å². The average molecular weight is 437 g/mol. The van der Waals surface area contributed by atoms with E-state index < -0.39 is 0 Å². The minimum Gasteiger partial charge on any atom is -0.352 e. The SMILES string of the molecule is Cc1ccc(NC(=O)CCN2C(=S)N[C@@H](c3ccccn3)[C@@H]2c2sccc2C)cc1. The number of thiophene rings is 1. The van der Waals surface area contributed by atoms with Gasteiger partial charge in [0.15, 0.2) is 5.11 Å². The third-order valence-electron chi connectivity index (χ3n) is 5.28. The molecule has 3 heterocycles. The minimum absolute atomic E-state index is 0.0135. The highest BCUT2D eigenvalue weighted by Gasteiger charge is 2.40. The predicted molar refractivity (Wildman–Crippen MR) is 126 cm³/mol. The topological polar surface area (TPSA) is 57.3 Å². The van der Waals surface area contributed by atoms with Gasteiger partial charge in [0.05, 0.1) is 17.8 Å². The Bertz CT molecular complexity index is 1030. The van der Waals surface area contributed by atoms with Gasteiger partial charge in [0.2, 0.25) is 5.91 Å². The molecule has 1 aliphatic rings. The first kappa shape index (κ1) is 20.5. The van der Waals surface area contributed by atoms with Crippen molar-refractivity contribution in [2.75, 3.05) is 11.9 Å². The molecule has 2 N–H and O–H groups in total. The van der Waals surface area contributed by atoms with E-state index in [-0.39, 0.29) is 18.0 Å². The maximum absolute atomic E-state index is 12.6. The Morgan fingerprint density at radius 2 is 2.00 bits per heavy atom. The van der Waals surface area contributed by atoms with Crippen molar-refractivity contribution in [3.05, 3.63) is 81.8 Å². The third kappa shape index (κ3) is 4.37. The second-order valence-corrected chi connectivity index (χ2v) is 8.79. The van der Waals surface area contributed by atoms with Crippen LogP contribution in [0.15, 0.2) is 60.1 Å². The highest BCUT2D eigenvalue weighted by atomic mass is 32.1. The molecule has 3 aromatic rings.